The zero-order chi connectivity index (χ0) is 14.0. The van der Waals surface area contributed by atoms with Crippen molar-refractivity contribution in [3.05, 3.63) is 22.7 Å². The number of hydrogen-bond donors (Lipinski definition) is 0. The molecule has 0 saturated carbocycles. The lowest BCUT2D eigenvalue weighted by Crippen LogP contribution is -2.20. The van der Waals surface area contributed by atoms with E-state index in [2.05, 4.69) is 25.4 Å². The number of halogens is 7. The summed E-state index contributed by atoms with van der Waals surface area (Å²) in [5.41, 5.74) is 0. The SMILES string of the molecule is FC(F)(F)COc1ccc(Br)c(OC(F)(F)F)c1. The third-order valence-corrected chi connectivity index (χ3v) is 2.19. The van der Waals surface area contributed by atoms with Gasteiger partial charge in [0.1, 0.15) is 11.5 Å². The lowest BCUT2D eigenvalue weighted by molar-refractivity contribution is -0.275. The van der Waals surface area contributed by atoms with Crippen LogP contribution in [0.15, 0.2) is 22.7 Å². The molecule has 1 aromatic rings. The van der Waals surface area contributed by atoms with Crippen LogP contribution in [0.2, 0.25) is 0 Å². The molecule has 0 saturated heterocycles. The molecule has 0 aliphatic heterocycles. The Morgan fingerprint density at radius 1 is 1.06 bits per heavy atom. The average Bonchev–Trinajstić information content (AvgIpc) is 2.16. The van der Waals surface area contributed by atoms with Crippen LogP contribution in [0.3, 0.4) is 0 Å². The molecule has 0 unspecified atom stereocenters. The van der Waals surface area contributed by atoms with Gasteiger partial charge >= 0.3 is 12.5 Å². The third kappa shape index (κ3) is 5.48. The summed E-state index contributed by atoms with van der Waals surface area (Å²) in [6, 6.07) is 2.88. The van der Waals surface area contributed by atoms with Crippen LogP contribution in [-0.4, -0.2) is 19.1 Å². The van der Waals surface area contributed by atoms with E-state index in [1.807, 2.05) is 0 Å². The van der Waals surface area contributed by atoms with Crippen molar-refractivity contribution in [3.8, 4) is 11.5 Å². The van der Waals surface area contributed by atoms with Crippen LogP contribution in [0.1, 0.15) is 0 Å². The number of ether oxygens (including phenoxy) is 2. The van der Waals surface area contributed by atoms with Crippen LogP contribution in [0.4, 0.5) is 26.3 Å². The van der Waals surface area contributed by atoms with Crippen molar-refractivity contribution in [2.75, 3.05) is 6.61 Å². The predicted octanol–water partition coefficient (Wildman–Crippen LogP) is 4.29. The molecule has 1 rings (SSSR count). The van der Waals surface area contributed by atoms with Gasteiger partial charge in [-0.15, -0.1) is 13.2 Å². The van der Waals surface area contributed by atoms with Crippen LogP contribution >= 0.6 is 15.9 Å². The van der Waals surface area contributed by atoms with E-state index < -0.39 is 24.9 Å². The molecule has 0 N–H and O–H groups in total. The zero-order valence-corrected chi connectivity index (χ0v) is 9.99. The van der Waals surface area contributed by atoms with Crippen molar-refractivity contribution >= 4 is 15.9 Å². The van der Waals surface area contributed by atoms with E-state index >= 15 is 0 Å². The molecule has 9 heteroatoms. The van der Waals surface area contributed by atoms with Gasteiger partial charge < -0.3 is 9.47 Å². The number of hydrogen-bond acceptors (Lipinski definition) is 2. The molecule has 18 heavy (non-hydrogen) atoms. The van der Waals surface area contributed by atoms with Gasteiger partial charge in [-0.25, -0.2) is 0 Å². The predicted molar refractivity (Wildman–Crippen MR) is 52.4 cm³/mol. The Labute approximate surface area is 106 Å². The second kappa shape index (κ2) is 5.25. The van der Waals surface area contributed by atoms with Gasteiger partial charge in [0.05, 0.1) is 4.47 Å². The highest BCUT2D eigenvalue weighted by atomic mass is 79.9. The van der Waals surface area contributed by atoms with Crippen molar-refractivity contribution in [1.29, 1.82) is 0 Å². The quantitative estimate of drug-likeness (QED) is 0.765. The van der Waals surface area contributed by atoms with Gasteiger partial charge in [0, 0.05) is 6.07 Å². The van der Waals surface area contributed by atoms with E-state index in [0.717, 1.165) is 12.1 Å². The van der Waals surface area contributed by atoms with Crippen LogP contribution in [0.5, 0.6) is 11.5 Å². The summed E-state index contributed by atoms with van der Waals surface area (Å²) in [4.78, 5) is 0. The van der Waals surface area contributed by atoms with Crippen LogP contribution in [0, 0.1) is 0 Å². The summed E-state index contributed by atoms with van der Waals surface area (Å²) in [6.07, 6.45) is -9.51. The smallest absolute Gasteiger partial charge is 0.484 e. The minimum atomic E-state index is -4.94. The zero-order valence-electron chi connectivity index (χ0n) is 8.40. The Kier molecular flexibility index (Phi) is 4.36. The van der Waals surface area contributed by atoms with Crippen LogP contribution < -0.4 is 9.47 Å². The molecule has 2 nitrogen and oxygen atoms in total. The molecule has 0 amide bonds. The van der Waals surface area contributed by atoms with Gasteiger partial charge in [0.25, 0.3) is 0 Å². The molecular weight excluding hydrogens is 334 g/mol. The maximum atomic E-state index is 12.0. The van der Waals surface area contributed by atoms with E-state index in [4.69, 9.17) is 0 Å². The first-order chi connectivity index (χ1) is 8.07. The topological polar surface area (TPSA) is 18.5 Å². The average molecular weight is 339 g/mol. The highest BCUT2D eigenvalue weighted by Crippen LogP contribution is 2.33. The molecule has 0 bridgehead atoms. The highest BCUT2D eigenvalue weighted by molar-refractivity contribution is 9.10. The van der Waals surface area contributed by atoms with E-state index in [9.17, 15) is 26.3 Å². The molecule has 0 atom stereocenters. The van der Waals surface area contributed by atoms with Crippen molar-refractivity contribution < 1.29 is 35.8 Å². The molecule has 0 aliphatic rings. The van der Waals surface area contributed by atoms with Crippen LogP contribution in [0.25, 0.3) is 0 Å². The fourth-order valence-electron chi connectivity index (χ4n) is 0.942. The molecule has 0 fully saturated rings. The van der Waals surface area contributed by atoms with Crippen molar-refractivity contribution in [2.45, 2.75) is 12.5 Å². The molecule has 0 spiro atoms. The second-order valence-electron chi connectivity index (χ2n) is 3.04. The van der Waals surface area contributed by atoms with Gasteiger partial charge in [-0.05, 0) is 28.1 Å². The van der Waals surface area contributed by atoms with E-state index in [1.54, 1.807) is 0 Å². The van der Waals surface area contributed by atoms with E-state index in [-0.39, 0.29) is 10.2 Å². The summed E-state index contributed by atoms with van der Waals surface area (Å²) in [5.74, 6) is -1.06. The molecule has 0 aromatic heterocycles. The van der Waals surface area contributed by atoms with Gasteiger partial charge in [0.15, 0.2) is 6.61 Å². The maximum absolute atomic E-state index is 12.0. The summed E-state index contributed by atoms with van der Waals surface area (Å²) < 4.78 is 79.3. The van der Waals surface area contributed by atoms with E-state index in [0.29, 0.717) is 6.07 Å². The fraction of sp³-hybridized carbons (Fsp3) is 0.333. The minimum Gasteiger partial charge on any atom is -0.484 e. The van der Waals surface area contributed by atoms with Gasteiger partial charge in [-0.1, -0.05) is 0 Å². The molecule has 0 heterocycles. The Morgan fingerprint density at radius 3 is 2.17 bits per heavy atom. The maximum Gasteiger partial charge on any atom is 0.573 e. The van der Waals surface area contributed by atoms with Gasteiger partial charge in [-0.2, -0.15) is 13.2 Å². The molecule has 1 aromatic carbocycles. The molecule has 0 aliphatic carbocycles. The number of rotatable bonds is 3. The largest absolute Gasteiger partial charge is 0.573 e. The Hall–Kier alpha value is -1.12. The Morgan fingerprint density at radius 2 is 1.67 bits per heavy atom. The number of alkyl halides is 6. The van der Waals surface area contributed by atoms with Crippen molar-refractivity contribution in [1.82, 2.24) is 0 Å². The highest BCUT2D eigenvalue weighted by Gasteiger charge is 2.32. The first kappa shape index (κ1) is 14.9. The first-order valence-corrected chi connectivity index (χ1v) is 5.11. The third-order valence-electron chi connectivity index (χ3n) is 1.53. The second-order valence-corrected chi connectivity index (χ2v) is 3.90. The van der Waals surface area contributed by atoms with Crippen LogP contribution in [-0.2, 0) is 0 Å². The lowest BCUT2D eigenvalue weighted by atomic mass is 10.3. The monoisotopic (exact) mass is 338 g/mol. The summed E-state index contributed by atoms with van der Waals surface area (Å²) in [7, 11) is 0. The minimum absolute atomic E-state index is 0.0563. The lowest BCUT2D eigenvalue weighted by Gasteiger charge is -2.13. The number of benzene rings is 1. The molecule has 102 valence electrons. The summed E-state index contributed by atoms with van der Waals surface area (Å²) >= 11 is 2.77. The van der Waals surface area contributed by atoms with Gasteiger partial charge in [-0.3, -0.25) is 0 Å². The Bertz CT molecular complexity index is 414. The summed E-state index contributed by atoms with van der Waals surface area (Å²) in [6.45, 7) is -1.60. The summed E-state index contributed by atoms with van der Waals surface area (Å²) in [5, 5.41) is 0. The van der Waals surface area contributed by atoms with E-state index in [1.165, 1.54) is 0 Å². The first-order valence-electron chi connectivity index (χ1n) is 4.32. The van der Waals surface area contributed by atoms with Crippen molar-refractivity contribution in [3.63, 3.8) is 0 Å². The Balaban J connectivity index is 2.81. The molecule has 0 radical (unpaired) electrons. The normalized spacial score (nSPS) is 12.4. The van der Waals surface area contributed by atoms with Crippen molar-refractivity contribution in [2.24, 2.45) is 0 Å². The molecular formula is C9H5BrF6O2. The standard InChI is InChI=1S/C9H5BrF6O2/c10-6-2-1-5(17-4-8(11,12)13)3-7(6)18-9(14,15)16/h1-3H,4H2. The fourth-order valence-corrected chi connectivity index (χ4v) is 1.27. The van der Waals surface area contributed by atoms with Gasteiger partial charge in [0.2, 0.25) is 0 Å².